The van der Waals surface area contributed by atoms with Crippen molar-refractivity contribution in [1.29, 1.82) is 0 Å². The Morgan fingerprint density at radius 2 is 1.90 bits per heavy atom. The summed E-state index contributed by atoms with van der Waals surface area (Å²) in [4.78, 5) is 14.2. The molecule has 0 aromatic carbocycles. The van der Waals surface area contributed by atoms with Crippen molar-refractivity contribution in [2.45, 2.75) is 71.9 Å². The molecule has 1 rings (SSSR count). The number of nitrogens with zero attached hydrogens (tertiary/aromatic N) is 1. The molecule has 0 bridgehead atoms. The molecule has 0 amide bonds. The standard InChI is InChI=1S/C17H34N2O2/c1-13(12-17(5,18)15(20)21-6)19-10-7-8-14(9-11-19)16(2,3)4/h13-14H,7-12,18H2,1-6H3. The maximum absolute atomic E-state index is 11.7. The van der Waals surface area contributed by atoms with Gasteiger partial charge >= 0.3 is 5.97 Å². The number of hydrogen-bond donors (Lipinski definition) is 1. The summed E-state index contributed by atoms with van der Waals surface area (Å²) in [6.07, 6.45) is 4.39. The van der Waals surface area contributed by atoms with Gasteiger partial charge < -0.3 is 15.4 Å². The number of likely N-dealkylation sites (tertiary alicyclic amines) is 1. The van der Waals surface area contributed by atoms with Gasteiger partial charge in [-0.25, -0.2) is 0 Å². The summed E-state index contributed by atoms with van der Waals surface area (Å²) in [6.45, 7) is 13.2. The van der Waals surface area contributed by atoms with Gasteiger partial charge in [-0.15, -0.1) is 0 Å². The molecular weight excluding hydrogens is 264 g/mol. The van der Waals surface area contributed by atoms with Crippen LogP contribution in [-0.2, 0) is 9.53 Å². The predicted octanol–water partition coefficient (Wildman–Crippen LogP) is 2.80. The number of rotatable bonds is 4. The minimum atomic E-state index is -0.899. The molecule has 21 heavy (non-hydrogen) atoms. The van der Waals surface area contributed by atoms with E-state index in [9.17, 15) is 4.79 Å². The summed E-state index contributed by atoms with van der Waals surface area (Å²) < 4.78 is 4.81. The van der Waals surface area contributed by atoms with Crippen molar-refractivity contribution < 1.29 is 9.53 Å². The van der Waals surface area contributed by atoms with Crippen LogP contribution in [0.15, 0.2) is 0 Å². The molecule has 0 radical (unpaired) electrons. The molecule has 1 aliphatic heterocycles. The number of ether oxygens (including phenoxy) is 1. The van der Waals surface area contributed by atoms with Crippen molar-refractivity contribution in [3.63, 3.8) is 0 Å². The molecule has 1 fully saturated rings. The van der Waals surface area contributed by atoms with Crippen LogP contribution >= 0.6 is 0 Å². The van der Waals surface area contributed by atoms with Gasteiger partial charge in [0.05, 0.1) is 7.11 Å². The van der Waals surface area contributed by atoms with Gasteiger partial charge in [0.1, 0.15) is 5.54 Å². The smallest absolute Gasteiger partial charge is 0.325 e. The number of carbonyl (C=O) groups is 1. The number of hydrogen-bond acceptors (Lipinski definition) is 4. The van der Waals surface area contributed by atoms with E-state index in [0.717, 1.165) is 19.0 Å². The van der Waals surface area contributed by atoms with Crippen molar-refractivity contribution in [3.8, 4) is 0 Å². The summed E-state index contributed by atoms with van der Waals surface area (Å²) in [5, 5.41) is 0. The van der Waals surface area contributed by atoms with Gasteiger partial charge in [0.15, 0.2) is 0 Å². The Morgan fingerprint density at radius 1 is 1.29 bits per heavy atom. The molecule has 0 aromatic heterocycles. The van der Waals surface area contributed by atoms with Crippen LogP contribution < -0.4 is 5.73 Å². The van der Waals surface area contributed by atoms with E-state index in [-0.39, 0.29) is 5.97 Å². The van der Waals surface area contributed by atoms with Crippen LogP contribution in [0.25, 0.3) is 0 Å². The van der Waals surface area contributed by atoms with Gasteiger partial charge in [-0.2, -0.15) is 0 Å². The summed E-state index contributed by atoms with van der Waals surface area (Å²) in [6, 6.07) is 0.304. The molecule has 0 aromatic rings. The predicted molar refractivity (Wildman–Crippen MR) is 87.1 cm³/mol. The van der Waals surface area contributed by atoms with E-state index < -0.39 is 5.54 Å². The molecule has 0 saturated carbocycles. The zero-order valence-electron chi connectivity index (χ0n) is 14.7. The van der Waals surface area contributed by atoms with Crippen LogP contribution in [0.1, 0.15) is 60.3 Å². The average molecular weight is 298 g/mol. The van der Waals surface area contributed by atoms with E-state index in [1.54, 1.807) is 6.92 Å². The van der Waals surface area contributed by atoms with E-state index in [4.69, 9.17) is 10.5 Å². The molecule has 1 saturated heterocycles. The maximum Gasteiger partial charge on any atom is 0.325 e. The lowest BCUT2D eigenvalue weighted by Gasteiger charge is -2.33. The van der Waals surface area contributed by atoms with Gasteiger partial charge in [-0.3, -0.25) is 4.79 Å². The van der Waals surface area contributed by atoms with Crippen LogP contribution in [-0.4, -0.2) is 42.6 Å². The Hall–Kier alpha value is -0.610. The summed E-state index contributed by atoms with van der Waals surface area (Å²) in [5.74, 6) is 0.455. The Balaban J connectivity index is 2.60. The molecule has 0 aliphatic carbocycles. The lowest BCUT2D eigenvalue weighted by atomic mass is 9.77. The first-order chi connectivity index (χ1) is 9.58. The average Bonchev–Trinajstić information content (AvgIpc) is 2.62. The fourth-order valence-corrected chi connectivity index (χ4v) is 3.48. The van der Waals surface area contributed by atoms with Gasteiger partial charge in [0.25, 0.3) is 0 Å². The fraction of sp³-hybridized carbons (Fsp3) is 0.941. The number of nitrogens with two attached hydrogens (primary N) is 1. The highest BCUT2D eigenvalue weighted by molar-refractivity contribution is 5.79. The second kappa shape index (κ2) is 7.10. The molecule has 124 valence electrons. The largest absolute Gasteiger partial charge is 0.468 e. The van der Waals surface area contributed by atoms with E-state index >= 15 is 0 Å². The third-order valence-corrected chi connectivity index (χ3v) is 4.98. The molecule has 0 spiro atoms. The highest BCUT2D eigenvalue weighted by atomic mass is 16.5. The third kappa shape index (κ3) is 5.26. The van der Waals surface area contributed by atoms with Crippen molar-refractivity contribution >= 4 is 5.97 Å². The van der Waals surface area contributed by atoms with E-state index in [1.807, 2.05) is 0 Å². The number of methoxy groups -OCH3 is 1. The third-order valence-electron chi connectivity index (χ3n) is 4.98. The molecule has 3 unspecified atom stereocenters. The Labute approximate surface area is 130 Å². The lowest BCUT2D eigenvalue weighted by molar-refractivity contribution is -0.147. The fourth-order valence-electron chi connectivity index (χ4n) is 3.48. The van der Waals surface area contributed by atoms with Crippen molar-refractivity contribution in [1.82, 2.24) is 4.90 Å². The molecule has 1 heterocycles. The van der Waals surface area contributed by atoms with Gasteiger partial charge in [0.2, 0.25) is 0 Å². The van der Waals surface area contributed by atoms with Crippen LogP contribution in [0, 0.1) is 11.3 Å². The van der Waals surface area contributed by atoms with Crippen LogP contribution in [0.2, 0.25) is 0 Å². The summed E-state index contributed by atoms with van der Waals surface area (Å²) >= 11 is 0. The molecular formula is C17H34N2O2. The van der Waals surface area contributed by atoms with Crippen LogP contribution in [0.5, 0.6) is 0 Å². The lowest BCUT2D eigenvalue weighted by Crippen LogP contribution is -2.51. The monoisotopic (exact) mass is 298 g/mol. The van der Waals surface area contributed by atoms with Crippen LogP contribution in [0.3, 0.4) is 0 Å². The first-order valence-corrected chi connectivity index (χ1v) is 8.19. The first-order valence-electron chi connectivity index (χ1n) is 8.19. The minimum absolute atomic E-state index is 0.304. The van der Waals surface area contributed by atoms with Crippen LogP contribution in [0.4, 0.5) is 0 Å². The SMILES string of the molecule is COC(=O)C(C)(N)CC(C)N1CCCC(C(C)(C)C)CC1. The summed E-state index contributed by atoms with van der Waals surface area (Å²) in [7, 11) is 1.40. The van der Waals surface area contributed by atoms with E-state index in [1.165, 1.54) is 26.4 Å². The zero-order chi connectivity index (χ0) is 16.3. The Kier molecular flexibility index (Phi) is 6.23. The van der Waals surface area contributed by atoms with Crippen molar-refractivity contribution in [2.24, 2.45) is 17.1 Å². The van der Waals surface area contributed by atoms with Gasteiger partial charge in [-0.1, -0.05) is 20.8 Å². The second-order valence-electron chi connectivity index (χ2n) is 7.99. The zero-order valence-corrected chi connectivity index (χ0v) is 14.7. The maximum atomic E-state index is 11.7. The first kappa shape index (κ1) is 18.4. The number of carbonyl (C=O) groups excluding carboxylic acids is 1. The minimum Gasteiger partial charge on any atom is -0.468 e. The Morgan fingerprint density at radius 3 is 2.43 bits per heavy atom. The normalized spacial score (nSPS) is 25.8. The molecule has 1 aliphatic rings. The number of esters is 1. The van der Waals surface area contributed by atoms with Crippen molar-refractivity contribution in [3.05, 3.63) is 0 Å². The second-order valence-corrected chi connectivity index (χ2v) is 7.99. The van der Waals surface area contributed by atoms with Crippen molar-refractivity contribution in [2.75, 3.05) is 20.2 Å². The molecule has 3 atom stereocenters. The van der Waals surface area contributed by atoms with E-state index in [0.29, 0.717) is 17.9 Å². The van der Waals surface area contributed by atoms with Gasteiger partial charge in [-0.05, 0) is 64.0 Å². The molecule has 4 heteroatoms. The molecule has 4 nitrogen and oxygen atoms in total. The van der Waals surface area contributed by atoms with Gasteiger partial charge in [0, 0.05) is 6.04 Å². The summed E-state index contributed by atoms with van der Waals surface area (Å²) in [5.41, 5.74) is 5.60. The quantitative estimate of drug-likeness (QED) is 0.811. The Bertz CT molecular complexity index is 347. The highest BCUT2D eigenvalue weighted by Gasteiger charge is 2.34. The van der Waals surface area contributed by atoms with E-state index in [2.05, 4.69) is 32.6 Å². The molecule has 2 N–H and O–H groups in total. The highest BCUT2D eigenvalue weighted by Crippen LogP contribution is 2.34. The topological polar surface area (TPSA) is 55.6 Å².